The van der Waals surface area contributed by atoms with Crippen LogP contribution in [0, 0.1) is 0 Å². The highest BCUT2D eigenvalue weighted by atomic mass is 16.5. The van der Waals surface area contributed by atoms with E-state index >= 15 is 0 Å². The fourth-order valence-corrected chi connectivity index (χ4v) is 0.717. The van der Waals surface area contributed by atoms with E-state index in [1.807, 2.05) is 0 Å². The number of furan rings is 1. The lowest BCUT2D eigenvalue weighted by molar-refractivity contribution is -0.142. The van der Waals surface area contributed by atoms with Crippen LogP contribution in [0.15, 0.2) is 16.7 Å². The minimum absolute atomic E-state index is 0.146. The van der Waals surface area contributed by atoms with E-state index in [9.17, 15) is 9.59 Å². The molecule has 0 saturated carbocycles. The van der Waals surface area contributed by atoms with Gasteiger partial charge in [-0.2, -0.15) is 0 Å². The van der Waals surface area contributed by atoms with Gasteiger partial charge in [0.2, 0.25) is 0 Å². The summed E-state index contributed by atoms with van der Waals surface area (Å²) in [6.07, 6.45) is 1.98. The van der Waals surface area contributed by atoms with Gasteiger partial charge in [-0.1, -0.05) is 0 Å². The van der Waals surface area contributed by atoms with Crippen molar-refractivity contribution in [1.82, 2.24) is 0 Å². The molecular weight excluding hydrogens is 160 g/mol. The van der Waals surface area contributed by atoms with E-state index < -0.39 is 0 Å². The van der Waals surface area contributed by atoms with E-state index in [0.29, 0.717) is 11.8 Å². The van der Waals surface area contributed by atoms with Gasteiger partial charge in [0.05, 0.1) is 6.26 Å². The van der Waals surface area contributed by atoms with Gasteiger partial charge in [0, 0.05) is 12.5 Å². The standard InChI is InChI=1S/C8H8O4/c1-6(10)11-4-7-2-8(3-9)12-5-7/h2-3,5H,4H2,1H3. The van der Waals surface area contributed by atoms with Crippen molar-refractivity contribution < 1.29 is 18.7 Å². The Balaban J connectivity index is 2.52. The third-order valence-electron chi connectivity index (χ3n) is 1.23. The van der Waals surface area contributed by atoms with E-state index in [0.717, 1.165) is 0 Å². The predicted molar refractivity (Wildman–Crippen MR) is 39.6 cm³/mol. The highest BCUT2D eigenvalue weighted by Crippen LogP contribution is 2.06. The molecule has 1 heterocycles. The number of carbonyl (C=O) groups excluding carboxylic acids is 2. The monoisotopic (exact) mass is 168 g/mol. The Bertz CT molecular complexity index is 287. The Morgan fingerprint density at radius 3 is 3.00 bits per heavy atom. The molecule has 0 atom stereocenters. The molecule has 0 aliphatic heterocycles. The molecular formula is C8H8O4. The molecule has 12 heavy (non-hydrogen) atoms. The number of hydrogen-bond acceptors (Lipinski definition) is 4. The Morgan fingerprint density at radius 2 is 2.50 bits per heavy atom. The largest absolute Gasteiger partial charge is 0.461 e. The fourth-order valence-electron chi connectivity index (χ4n) is 0.717. The Morgan fingerprint density at radius 1 is 1.75 bits per heavy atom. The van der Waals surface area contributed by atoms with Crippen LogP contribution in [-0.2, 0) is 16.1 Å². The summed E-state index contributed by atoms with van der Waals surface area (Å²) in [5.41, 5.74) is 0.673. The SMILES string of the molecule is CC(=O)OCc1coc(C=O)c1. The second-order valence-electron chi connectivity index (χ2n) is 2.26. The van der Waals surface area contributed by atoms with Crippen molar-refractivity contribution in [3.05, 3.63) is 23.7 Å². The molecule has 0 spiro atoms. The Kier molecular flexibility index (Phi) is 2.63. The number of hydrogen-bond donors (Lipinski definition) is 0. The van der Waals surface area contributed by atoms with Crippen molar-refractivity contribution >= 4 is 12.3 Å². The highest BCUT2D eigenvalue weighted by Gasteiger charge is 2.01. The van der Waals surface area contributed by atoms with Gasteiger partial charge in [-0.15, -0.1) is 0 Å². The summed E-state index contributed by atoms with van der Waals surface area (Å²) in [6, 6.07) is 1.52. The minimum Gasteiger partial charge on any atom is -0.461 e. The molecule has 1 rings (SSSR count). The molecule has 0 radical (unpaired) electrons. The van der Waals surface area contributed by atoms with Gasteiger partial charge in [-0.3, -0.25) is 9.59 Å². The summed E-state index contributed by atoms with van der Waals surface area (Å²) in [7, 11) is 0. The van der Waals surface area contributed by atoms with Crippen LogP contribution in [-0.4, -0.2) is 12.3 Å². The van der Waals surface area contributed by atoms with Gasteiger partial charge in [0.15, 0.2) is 12.0 Å². The normalized spacial score (nSPS) is 9.42. The van der Waals surface area contributed by atoms with Gasteiger partial charge in [0.25, 0.3) is 0 Å². The quantitative estimate of drug-likeness (QED) is 0.502. The van der Waals surface area contributed by atoms with Crippen LogP contribution in [0.25, 0.3) is 0 Å². The van der Waals surface area contributed by atoms with Crippen molar-refractivity contribution in [3.63, 3.8) is 0 Å². The van der Waals surface area contributed by atoms with E-state index in [1.165, 1.54) is 19.3 Å². The van der Waals surface area contributed by atoms with Crippen LogP contribution >= 0.6 is 0 Å². The highest BCUT2D eigenvalue weighted by molar-refractivity contribution is 5.70. The van der Waals surface area contributed by atoms with Crippen LogP contribution in [0.3, 0.4) is 0 Å². The molecule has 0 aliphatic rings. The molecule has 64 valence electrons. The lowest BCUT2D eigenvalue weighted by atomic mass is 10.3. The molecule has 0 N–H and O–H groups in total. The number of carbonyl (C=O) groups is 2. The summed E-state index contributed by atoms with van der Waals surface area (Å²) in [5, 5.41) is 0. The Hall–Kier alpha value is -1.58. The molecule has 0 bridgehead atoms. The average Bonchev–Trinajstić information content (AvgIpc) is 2.48. The van der Waals surface area contributed by atoms with Crippen LogP contribution in [0.1, 0.15) is 23.0 Å². The van der Waals surface area contributed by atoms with Crippen LogP contribution < -0.4 is 0 Å². The Labute approximate surface area is 69.1 Å². The smallest absolute Gasteiger partial charge is 0.302 e. The van der Waals surface area contributed by atoms with E-state index in [2.05, 4.69) is 4.74 Å². The van der Waals surface area contributed by atoms with Gasteiger partial charge in [-0.05, 0) is 6.07 Å². The first-order valence-electron chi connectivity index (χ1n) is 3.38. The molecule has 1 aromatic rings. The lowest BCUT2D eigenvalue weighted by Gasteiger charge is -1.95. The maximum Gasteiger partial charge on any atom is 0.302 e. The first kappa shape index (κ1) is 8.52. The number of aldehydes is 1. The van der Waals surface area contributed by atoms with Crippen molar-refractivity contribution in [2.24, 2.45) is 0 Å². The molecule has 0 fully saturated rings. The average molecular weight is 168 g/mol. The van der Waals surface area contributed by atoms with Crippen molar-refractivity contribution in [1.29, 1.82) is 0 Å². The fraction of sp³-hybridized carbons (Fsp3) is 0.250. The second-order valence-corrected chi connectivity index (χ2v) is 2.26. The summed E-state index contributed by atoms with van der Waals surface area (Å²) >= 11 is 0. The van der Waals surface area contributed by atoms with Crippen LogP contribution in [0.4, 0.5) is 0 Å². The zero-order valence-electron chi connectivity index (χ0n) is 6.57. The molecule has 0 aromatic carbocycles. The summed E-state index contributed by atoms with van der Waals surface area (Å²) in [5.74, 6) is -0.124. The van der Waals surface area contributed by atoms with Gasteiger partial charge in [-0.25, -0.2) is 0 Å². The third kappa shape index (κ3) is 2.23. The van der Waals surface area contributed by atoms with Crippen molar-refractivity contribution in [2.75, 3.05) is 0 Å². The van der Waals surface area contributed by atoms with E-state index in [1.54, 1.807) is 0 Å². The molecule has 0 aliphatic carbocycles. The third-order valence-corrected chi connectivity index (χ3v) is 1.23. The topological polar surface area (TPSA) is 56.5 Å². The zero-order chi connectivity index (χ0) is 8.97. The molecule has 0 unspecified atom stereocenters. The molecule has 4 heteroatoms. The number of esters is 1. The number of ether oxygens (including phenoxy) is 1. The maximum absolute atomic E-state index is 10.4. The second kappa shape index (κ2) is 3.71. The van der Waals surface area contributed by atoms with Crippen molar-refractivity contribution in [3.8, 4) is 0 Å². The summed E-state index contributed by atoms with van der Waals surface area (Å²) in [4.78, 5) is 20.5. The molecule has 0 saturated heterocycles. The first-order valence-corrected chi connectivity index (χ1v) is 3.38. The van der Waals surface area contributed by atoms with Gasteiger partial charge in [0.1, 0.15) is 6.61 Å². The lowest BCUT2D eigenvalue weighted by Crippen LogP contribution is -1.97. The minimum atomic E-state index is -0.358. The summed E-state index contributed by atoms with van der Waals surface area (Å²) < 4.78 is 9.46. The summed E-state index contributed by atoms with van der Waals surface area (Å²) in [6.45, 7) is 1.47. The molecule has 0 amide bonds. The predicted octanol–water partition coefficient (Wildman–Crippen LogP) is 1.16. The van der Waals surface area contributed by atoms with Gasteiger partial charge < -0.3 is 9.15 Å². The van der Waals surface area contributed by atoms with E-state index in [4.69, 9.17) is 4.42 Å². The van der Waals surface area contributed by atoms with E-state index in [-0.39, 0.29) is 18.3 Å². The maximum atomic E-state index is 10.4. The zero-order valence-corrected chi connectivity index (χ0v) is 6.57. The molecule has 1 aromatic heterocycles. The molecule has 4 nitrogen and oxygen atoms in total. The van der Waals surface area contributed by atoms with Crippen molar-refractivity contribution in [2.45, 2.75) is 13.5 Å². The van der Waals surface area contributed by atoms with Crippen LogP contribution in [0.5, 0.6) is 0 Å². The first-order chi connectivity index (χ1) is 5.72. The number of rotatable bonds is 3. The van der Waals surface area contributed by atoms with Gasteiger partial charge >= 0.3 is 5.97 Å². The van der Waals surface area contributed by atoms with Crippen LogP contribution in [0.2, 0.25) is 0 Å².